The van der Waals surface area contributed by atoms with Crippen LogP contribution in [0.5, 0.6) is 0 Å². The Labute approximate surface area is 64.3 Å². The van der Waals surface area contributed by atoms with E-state index in [1.807, 2.05) is 0 Å². The standard InChI is InChI=1S/C10H18/c1-8(2)9(3)10-6-4-5-7-10/h6,8-9H,4-5,7H2,1-3H3/t9-/m1/s1. The minimum absolute atomic E-state index is 0.822. The molecule has 0 heterocycles. The Morgan fingerprint density at radius 3 is 2.40 bits per heavy atom. The average Bonchev–Trinajstić information content (AvgIpc) is 2.36. The van der Waals surface area contributed by atoms with Gasteiger partial charge in [0.25, 0.3) is 0 Å². The summed E-state index contributed by atoms with van der Waals surface area (Å²) in [5.74, 6) is 1.65. The van der Waals surface area contributed by atoms with Gasteiger partial charge in [-0.2, -0.15) is 0 Å². The van der Waals surface area contributed by atoms with Crippen LogP contribution in [0.15, 0.2) is 11.6 Å². The minimum atomic E-state index is 0.822. The molecule has 0 aromatic rings. The fourth-order valence-electron chi connectivity index (χ4n) is 1.54. The lowest BCUT2D eigenvalue weighted by atomic mass is 9.90. The maximum absolute atomic E-state index is 2.44. The van der Waals surface area contributed by atoms with E-state index in [-0.39, 0.29) is 0 Å². The van der Waals surface area contributed by atoms with E-state index in [1.165, 1.54) is 19.3 Å². The minimum Gasteiger partial charge on any atom is -0.0850 e. The molecular weight excluding hydrogens is 120 g/mol. The van der Waals surface area contributed by atoms with E-state index in [0.717, 1.165) is 11.8 Å². The predicted molar refractivity (Wildman–Crippen MR) is 45.9 cm³/mol. The van der Waals surface area contributed by atoms with Crippen LogP contribution < -0.4 is 0 Å². The summed E-state index contributed by atoms with van der Waals surface area (Å²) in [6.07, 6.45) is 6.52. The number of hydrogen-bond donors (Lipinski definition) is 0. The Morgan fingerprint density at radius 2 is 2.00 bits per heavy atom. The second-order valence-corrected chi connectivity index (χ2v) is 3.70. The monoisotopic (exact) mass is 138 g/mol. The summed E-state index contributed by atoms with van der Waals surface area (Å²) in [4.78, 5) is 0. The maximum Gasteiger partial charge on any atom is -0.0209 e. The molecule has 1 rings (SSSR count). The van der Waals surface area contributed by atoms with Gasteiger partial charge >= 0.3 is 0 Å². The van der Waals surface area contributed by atoms with Crippen molar-refractivity contribution < 1.29 is 0 Å². The van der Waals surface area contributed by atoms with Crippen molar-refractivity contribution >= 4 is 0 Å². The molecule has 0 saturated heterocycles. The lowest BCUT2D eigenvalue weighted by molar-refractivity contribution is 0.471. The van der Waals surface area contributed by atoms with E-state index < -0.39 is 0 Å². The van der Waals surface area contributed by atoms with Gasteiger partial charge in [0.05, 0.1) is 0 Å². The summed E-state index contributed by atoms with van der Waals surface area (Å²) >= 11 is 0. The Kier molecular flexibility index (Phi) is 2.53. The Bertz CT molecular complexity index is 131. The van der Waals surface area contributed by atoms with Crippen LogP contribution in [0.25, 0.3) is 0 Å². The van der Waals surface area contributed by atoms with Crippen molar-refractivity contribution in [3.05, 3.63) is 11.6 Å². The largest absolute Gasteiger partial charge is 0.0850 e. The molecule has 0 fully saturated rings. The molecule has 0 radical (unpaired) electrons. The van der Waals surface area contributed by atoms with Crippen LogP contribution in [0, 0.1) is 11.8 Å². The molecular formula is C10H18. The summed E-state index contributed by atoms with van der Waals surface area (Å²) in [6.45, 7) is 6.97. The molecule has 0 heteroatoms. The highest BCUT2D eigenvalue weighted by molar-refractivity contribution is 5.11. The van der Waals surface area contributed by atoms with Crippen LogP contribution in [-0.4, -0.2) is 0 Å². The van der Waals surface area contributed by atoms with Crippen LogP contribution in [0.3, 0.4) is 0 Å². The quantitative estimate of drug-likeness (QED) is 0.513. The van der Waals surface area contributed by atoms with Gasteiger partial charge in [-0.1, -0.05) is 32.4 Å². The molecule has 0 nitrogen and oxygen atoms in total. The lowest BCUT2D eigenvalue weighted by Gasteiger charge is -2.16. The smallest absolute Gasteiger partial charge is 0.0209 e. The Balaban J connectivity index is 2.47. The van der Waals surface area contributed by atoms with Crippen LogP contribution >= 0.6 is 0 Å². The number of hydrogen-bond acceptors (Lipinski definition) is 0. The molecule has 0 aromatic carbocycles. The van der Waals surface area contributed by atoms with Gasteiger partial charge in [0.15, 0.2) is 0 Å². The number of allylic oxidation sites excluding steroid dienone is 2. The van der Waals surface area contributed by atoms with Crippen LogP contribution in [0.4, 0.5) is 0 Å². The van der Waals surface area contributed by atoms with Crippen molar-refractivity contribution in [2.75, 3.05) is 0 Å². The zero-order valence-electron chi connectivity index (χ0n) is 7.35. The van der Waals surface area contributed by atoms with E-state index in [9.17, 15) is 0 Å². The van der Waals surface area contributed by atoms with Crippen molar-refractivity contribution in [2.24, 2.45) is 11.8 Å². The fraction of sp³-hybridized carbons (Fsp3) is 0.800. The van der Waals surface area contributed by atoms with E-state index in [0.29, 0.717) is 0 Å². The summed E-state index contributed by atoms with van der Waals surface area (Å²) in [5.41, 5.74) is 1.70. The normalized spacial score (nSPS) is 21.4. The summed E-state index contributed by atoms with van der Waals surface area (Å²) < 4.78 is 0. The van der Waals surface area contributed by atoms with Gasteiger partial charge in [0.1, 0.15) is 0 Å². The second kappa shape index (κ2) is 3.23. The zero-order chi connectivity index (χ0) is 7.56. The average molecular weight is 138 g/mol. The first-order valence-electron chi connectivity index (χ1n) is 4.40. The molecule has 10 heavy (non-hydrogen) atoms. The molecule has 0 saturated carbocycles. The van der Waals surface area contributed by atoms with Gasteiger partial charge in [0, 0.05) is 0 Å². The Hall–Kier alpha value is -0.260. The van der Waals surface area contributed by atoms with Crippen LogP contribution in [-0.2, 0) is 0 Å². The third-order valence-electron chi connectivity index (χ3n) is 2.66. The van der Waals surface area contributed by atoms with Crippen LogP contribution in [0.1, 0.15) is 40.0 Å². The van der Waals surface area contributed by atoms with Gasteiger partial charge in [-0.05, 0) is 31.1 Å². The highest BCUT2D eigenvalue weighted by atomic mass is 14.2. The zero-order valence-corrected chi connectivity index (χ0v) is 7.35. The third kappa shape index (κ3) is 1.62. The van der Waals surface area contributed by atoms with Crippen LogP contribution in [0.2, 0.25) is 0 Å². The van der Waals surface area contributed by atoms with E-state index in [1.54, 1.807) is 5.57 Å². The van der Waals surface area contributed by atoms with Gasteiger partial charge in [-0.3, -0.25) is 0 Å². The Morgan fingerprint density at radius 1 is 1.30 bits per heavy atom. The first kappa shape index (κ1) is 7.84. The third-order valence-corrected chi connectivity index (χ3v) is 2.66. The van der Waals surface area contributed by atoms with Gasteiger partial charge in [-0.15, -0.1) is 0 Å². The molecule has 0 amide bonds. The molecule has 0 N–H and O–H groups in total. The molecule has 0 aromatic heterocycles. The first-order valence-corrected chi connectivity index (χ1v) is 4.40. The topological polar surface area (TPSA) is 0 Å². The van der Waals surface area contributed by atoms with E-state index >= 15 is 0 Å². The van der Waals surface area contributed by atoms with Crippen molar-refractivity contribution in [3.8, 4) is 0 Å². The molecule has 1 aliphatic rings. The van der Waals surface area contributed by atoms with Gasteiger partial charge < -0.3 is 0 Å². The molecule has 0 spiro atoms. The van der Waals surface area contributed by atoms with Crippen molar-refractivity contribution in [1.82, 2.24) is 0 Å². The van der Waals surface area contributed by atoms with Crippen molar-refractivity contribution in [1.29, 1.82) is 0 Å². The van der Waals surface area contributed by atoms with E-state index in [2.05, 4.69) is 26.8 Å². The lowest BCUT2D eigenvalue weighted by Crippen LogP contribution is -2.05. The van der Waals surface area contributed by atoms with E-state index in [4.69, 9.17) is 0 Å². The molecule has 0 unspecified atom stereocenters. The molecule has 0 aliphatic heterocycles. The molecule has 1 atom stereocenters. The predicted octanol–water partition coefficient (Wildman–Crippen LogP) is 3.39. The van der Waals surface area contributed by atoms with Gasteiger partial charge in [-0.25, -0.2) is 0 Å². The first-order chi connectivity index (χ1) is 4.72. The second-order valence-electron chi connectivity index (χ2n) is 3.70. The summed E-state index contributed by atoms with van der Waals surface area (Å²) in [7, 11) is 0. The van der Waals surface area contributed by atoms with Crippen molar-refractivity contribution in [2.45, 2.75) is 40.0 Å². The molecule has 0 bridgehead atoms. The molecule has 58 valence electrons. The maximum atomic E-state index is 2.44. The van der Waals surface area contributed by atoms with Crippen molar-refractivity contribution in [3.63, 3.8) is 0 Å². The SMILES string of the molecule is CC(C)[C@@H](C)C1=CCCC1. The fourth-order valence-corrected chi connectivity index (χ4v) is 1.54. The summed E-state index contributed by atoms with van der Waals surface area (Å²) in [6, 6.07) is 0. The molecule has 1 aliphatic carbocycles. The summed E-state index contributed by atoms with van der Waals surface area (Å²) in [5, 5.41) is 0. The highest BCUT2D eigenvalue weighted by Gasteiger charge is 2.14. The highest BCUT2D eigenvalue weighted by Crippen LogP contribution is 2.29. The van der Waals surface area contributed by atoms with Gasteiger partial charge in [0.2, 0.25) is 0 Å². The number of rotatable bonds is 2.